The van der Waals surface area contributed by atoms with Crippen LogP contribution in [0.3, 0.4) is 0 Å². The van der Waals surface area contributed by atoms with Gasteiger partial charge in [0.1, 0.15) is 0 Å². The molecule has 0 unspecified atom stereocenters. The number of rotatable bonds is 4. The molecule has 1 heterocycles. The van der Waals surface area contributed by atoms with Crippen LogP contribution >= 0.6 is 15.9 Å². The fraction of sp³-hybridized carbons (Fsp3) is 0.214. The standard InChI is InChI=1S/C14H14BrN3O3/c1-2-7-16-14(21)13-11(19)8-12(20)18(17-13)10-5-3-9(15)4-6-10/h3-6,8,19H,2,7H2,1H3,(H,16,21). The van der Waals surface area contributed by atoms with E-state index < -0.39 is 17.2 Å². The maximum atomic E-state index is 11.9. The minimum Gasteiger partial charge on any atom is -0.505 e. The summed E-state index contributed by atoms with van der Waals surface area (Å²) >= 11 is 3.30. The van der Waals surface area contributed by atoms with Crippen molar-refractivity contribution in [1.82, 2.24) is 15.1 Å². The van der Waals surface area contributed by atoms with Crippen molar-refractivity contribution in [3.05, 3.63) is 50.9 Å². The maximum absolute atomic E-state index is 11.9. The van der Waals surface area contributed by atoms with Crippen LogP contribution in [-0.4, -0.2) is 27.3 Å². The molecule has 0 saturated carbocycles. The highest BCUT2D eigenvalue weighted by Gasteiger charge is 2.16. The zero-order valence-corrected chi connectivity index (χ0v) is 12.9. The predicted octanol–water partition coefficient (Wildman–Crippen LogP) is 1.84. The fourth-order valence-corrected chi connectivity index (χ4v) is 1.96. The third kappa shape index (κ3) is 3.49. The molecule has 0 bridgehead atoms. The zero-order chi connectivity index (χ0) is 15.4. The second-order valence-corrected chi connectivity index (χ2v) is 5.28. The number of aromatic hydroxyl groups is 1. The third-order valence-corrected chi connectivity index (χ3v) is 3.26. The number of hydrogen-bond donors (Lipinski definition) is 2. The number of nitrogens with one attached hydrogen (secondary N) is 1. The molecule has 2 rings (SSSR count). The van der Waals surface area contributed by atoms with Crippen LogP contribution in [0, 0.1) is 0 Å². The smallest absolute Gasteiger partial charge is 0.275 e. The summed E-state index contributed by atoms with van der Waals surface area (Å²) in [5.41, 5.74) is -0.180. The van der Waals surface area contributed by atoms with Gasteiger partial charge in [0.05, 0.1) is 5.69 Å². The van der Waals surface area contributed by atoms with Crippen molar-refractivity contribution in [1.29, 1.82) is 0 Å². The molecular weight excluding hydrogens is 338 g/mol. The number of benzene rings is 1. The molecule has 21 heavy (non-hydrogen) atoms. The SMILES string of the molecule is CCCNC(=O)c1nn(-c2ccc(Br)cc2)c(=O)cc1O. The molecule has 7 heteroatoms. The average molecular weight is 352 g/mol. The summed E-state index contributed by atoms with van der Waals surface area (Å²) in [6, 6.07) is 7.86. The lowest BCUT2D eigenvalue weighted by atomic mass is 10.3. The Morgan fingerprint density at radius 3 is 2.67 bits per heavy atom. The normalized spacial score (nSPS) is 10.4. The summed E-state index contributed by atoms with van der Waals surface area (Å²) in [4.78, 5) is 23.8. The molecule has 0 aliphatic carbocycles. The van der Waals surface area contributed by atoms with Crippen LogP contribution in [0.4, 0.5) is 0 Å². The number of carbonyl (C=O) groups excluding carboxylic acids is 1. The summed E-state index contributed by atoms with van der Waals surface area (Å²) in [7, 11) is 0. The Labute approximate surface area is 129 Å². The van der Waals surface area contributed by atoms with E-state index in [9.17, 15) is 14.7 Å². The van der Waals surface area contributed by atoms with Gasteiger partial charge in [-0.05, 0) is 30.7 Å². The summed E-state index contributed by atoms with van der Waals surface area (Å²) in [6.45, 7) is 2.38. The Balaban J connectivity index is 2.45. The Bertz CT molecular complexity index is 710. The molecule has 2 N–H and O–H groups in total. The van der Waals surface area contributed by atoms with E-state index in [2.05, 4.69) is 26.3 Å². The van der Waals surface area contributed by atoms with Gasteiger partial charge in [-0.2, -0.15) is 9.78 Å². The molecule has 0 aliphatic heterocycles. The monoisotopic (exact) mass is 351 g/mol. The molecule has 1 amide bonds. The number of carbonyl (C=O) groups is 1. The van der Waals surface area contributed by atoms with Gasteiger partial charge in [-0.1, -0.05) is 22.9 Å². The average Bonchev–Trinajstić information content (AvgIpc) is 2.46. The van der Waals surface area contributed by atoms with Crippen LogP contribution in [0.15, 0.2) is 39.6 Å². The molecule has 110 valence electrons. The first-order valence-corrected chi connectivity index (χ1v) is 7.19. The molecule has 0 fully saturated rings. The molecular formula is C14H14BrN3O3. The molecule has 2 aromatic rings. The highest BCUT2D eigenvalue weighted by Crippen LogP contribution is 2.15. The van der Waals surface area contributed by atoms with E-state index in [1.54, 1.807) is 24.3 Å². The highest BCUT2D eigenvalue weighted by atomic mass is 79.9. The van der Waals surface area contributed by atoms with E-state index in [0.717, 1.165) is 21.6 Å². The Morgan fingerprint density at radius 1 is 1.38 bits per heavy atom. The lowest BCUT2D eigenvalue weighted by molar-refractivity contribution is 0.0943. The van der Waals surface area contributed by atoms with Crippen molar-refractivity contribution < 1.29 is 9.90 Å². The Hall–Kier alpha value is -2.15. The van der Waals surface area contributed by atoms with E-state index in [1.165, 1.54) is 0 Å². The number of amides is 1. The quantitative estimate of drug-likeness (QED) is 0.880. The Morgan fingerprint density at radius 2 is 2.05 bits per heavy atom. The van der Waals surface area contributed by atoms with E-state index in [4.69, 9.17) is 0 Å². The molecule has 0 spiro atoms. The van der Waals surface area contributed by atoms with Crippen molar-refractivity contribution in [2.24, 2.45) is 0 Å². The first kappa shape index (κ1) is 15.2. The summed E-state index contributed by atoms with van der Waals surface area (Å²) in [5, 5.41) is 16.3. The summed E-state index contributed by atoms with van der Waals surface area (Å²) < 4.78 is 1.94. The van der Waals surface area contributed by atoms with E-state index >= 15 is 0 Å². The zero-order valence-electron chi connectivity index (χ0n) is 11.3. The Kier molecular flexibility index (Phi) is 4.74. The molecule has 0 saturated heterocycles. The third-order valence-electron chi connectivity index (χ3n) is 2.73. The number of nitrogens with zero attached hydrogens (tertiary/aromatic N) is 2. The maximum Gasteiger partial charge on any atom is 0.275 e. The van der Waals surface area contributed by atoms with Crippen LogP contribution in [0.2, 0.25) is 0 Å². The van der Waals surface area contributed by atoms with Crippen molar-refractivity contribution in [2.75, 3.05) is 6.54 Å². The van der Waals surface area contributed by atoms with Gasteiger partial charge in [-0.15, -0.1) is 0 Å². The predicted molar refractivity (Wildman–Crippen MR) is 81.8 cm³/mol. The van der Waals surface area contributed by atoms with Crippen LogP contribution in [0.1, 0.15) is 23.8 Å². The molecule has 0 aliphatic rings. The number of halogens is 1. The summed E-state index contributed by atoms with van der Waals surface area (Å²) in [5.74, 6) is -0.942. The molecule has 1 aromatic carbocycles. The van der Waals surface area contributed by atoms with Gasteiger partial charge < -0.3 is 10.4 Å². The molecule has 6 nitrogen and oxygen atoms in total. The van der Waals surface area contributed by atoms with Gasteiger partial charge in [0.2, 0.25) is 0 Å². The fourth-order valence-electron chi connectivity index (χ4n) is 1.70. The molecule has 0 radical (unpaired) electrons. The van der Waals surface area contributed by atoms with Crippen molar-refractivity contribution in [3.8, 4) is 11.4 Å². The molecule has 0 atom stereocenters. The van der Waals surface area contributed by atoms with Crippen LogP contribution in [0.5, 0.6) is 5.75 Å². The van der Waals surface area contributed by atoms with Gasteiger partial charge in [0.25, 0.3) is 11.5 Å². The van der Waals surface area contributed by atoms with Gasteiger partial charge in [-0.3, -0.25) is 9.59 Å². The summed E-state index contributed by atoms with van der Waals surface area (Å²) in [6.07, 6.45) is 0.763. The highest BCUT2D eigenvalue weighted by molar-refractivity contribution is 9.10. The van der Waals surface area contributed by atoms with Crippen LogP contribution in [0.25, 0.3) is 5.69 Å². The van der Waals surface area contributed by atoms with Crippen molar-refractivity contribution in [2.45, 2.75) is 13.3 Å². The van der Waals surface area contributed by atoms with Crippen molar-refractivity contribution in [3.63, 3.8) is 0 Å². The second-order valence-electron chi connectivity index (χ2n) is 4.36. The van der Waals surface area contributed by atoms with Gasteiger partial charge >= 0.3 is 0 Å². The van der Waals surface area contributed by atoms with Gasteiger partial charge in [0.15, 0.2) is 11.4 Å². The van der Waals surface area contributed by atoms with E-state index in [0.29, 0.717) is 12.2 Å². The molecule has 1 aromatic heterocycles. The van der Waals surface area contributed by atoms with Gasteiger partial charge in [-0.25, -0.2) is 0 Å². The topological polar surface area (TPSA) is 84.2 Å². The van der Waals surface area contributed by atoms with Gasteiger partial charge in [0, 0.05) is 17.1 Å². The van der Waals surface area contributed by atoms with E-state index in [1.807, 2.05) is 6.92 Å². The first-order valence-electron chi connectivity index (χ1n) is 6.40. The number of hydrogen-bond acceptors (Lipinski definition) is 4. The van der Waals surface area contributed by atoms with Crippen LogP contribution < -0.4 is 10.9 Å². The van der Waals surface area contributed by atoms with E-state index in [-0.39, 0.29) is 5.69 Å². The number of aromatic nitrogens is 2. The first-order chi connectivity index (χ1) is 10.0. The van der Waals surface area contributed by atoms with Crippen LogP contribution in [-0.2, 0) is 0 Å². The lowest BCUT2D eigenvalue weighted by Crippen LogP contribution is -2.29. The minimum atomic E-state index is -0.514. The lowest BCUT2D eigenvalue weighted by Gasteiger charge is -2.09. The minimum absolute atomic E-state index is 0.175. The van der Waals surface area contributed by atoms with Crippen molar-refractivity contribution >= 4 is 21.8 Å². The second kappa shape index (κ2) is 6.53. The largest absolute Gasteiger partial charge is 0.505 e.